The molecule has 0 aliphatic carbocycles. The van der Waals surface area contributed by atoms with Crippen molar-refractivity contribution in [3.63, 3.8) is 0 Å². The molecule has 1 heterocycles. The van der Waals surface area contributed by atoms with Gasteiger partial charge in [0, 0.05) is 25.6 Å². The quantitative estimate of drug-likeness (QED) is 0.821. The van der Waals surface area contributed by atoms with Crippen LogP contribution in [0.5, 0.6) is 0 Å². The predicted octanol–water partition coefficient (Wildman–Crippen LogP) is 1.24. The van der Waals surface area contributed by atoms with Crippen LogP contribution in [0.15, 0.2) is 12.1 Å². The Morgan fingerprint density at radius 2 is 2.35 bits per heavy atom. The van der Waals surface area contributed by atoms with Gasteiger partial charge >= 0.3 is 5.97 Å². The summed E-state index contributed by atoms with van der Waals surface area (Å²) in [5, 5.41) is 5.94. The molecule has 2 N–H and O–H groups in total. The highest BCUT2D eigenvalue weighted by atomic mass is 35.5. The van der Waals surface area contributed by atoms with E-state index in [4.69, 9.17) is 11.6 Å². The minimum atomic E-state index is -0.687. The van der Waals surface area contributed by atoms with E-state index in [-0.39, 0.29) is 29.1 Å². The highest BCUT2D eigenvalue weighted by Crippen LogP contribution is 2.24. The second-order valence-electron chi connectivity index (χ2n) is 4.50. The third-order valence-electron chi connectivity index (χ3n) is 3.08. The number of methoxy groups -OCH3 is 1. The van der Waals surface area contributed by atoms with Crippen LogP contribution >= 0.6 is 11.6 Å². The van der Waals surface area contributed by atoms with Gasteiger partial charge in [-0.1, -0.05) is 11.6 Å². The number of rotatable bonds is 4. The van der Waals surface area contributed by atoms with Gasteiger partial charge in [0.15, 0.2) is 0 Å². The molecule has 1 fully saturated rings. The Balaban J connectivity index is 2.13. The van der Waals surface area contributed by atoms with Crippen molar-refractivity contribution < 1.29 is 18.7 Å². The van der Waals surface area contributed by atoms with E-state index in [1.165, 1.54) is 13.2 Å². The fourth-order valence-electron chi connectivity index (χ4n) is 2.04. The van der Waals surface area contributed by atoms with Gasteiger partial charge in [0.05, 0.1) is 17.7 Å². The molecule has 1 saturated heterocycles. The lowest BCUT2D eigenvalue weighted by Gasteiger charge is -2.13. The molecule has 1 aliphatic heterocycles. The number of benzene rings is 1. The summed E-state index contributed by atoms with van der Waals surface area (Å²) in [6.45, 7) is 0.788. The third kappa shape index (κ3) is 3.26. The second-order valence-corrected chi connectivity index (χ2v) is 4.88. The number of carbonyl (C=O) groups excluding carboxylic acids is 2. The monoisotopic (exact) mass is 300 g/mol. The van der Waals surface area contributed by atoms with Crippen molar-refractivity contribution in [1.82, 2.24) is 10.6 Å². The van der Waals surface area contributed by atoms with Crippen LogP contribution in [0.4, 0.5) is 4.39 Å². The number of halogens is 2. The average Bonchev–Trinajstić information content (AvgIpc) is 2.84. The van der Waals surface area contributed by atoms with Crippen LogP contribution in [-0.2, 0) is 16.1 Å². The van der Waals surface area contributed by atoms with E-state index in [1.54, 1.807) is 0 Å². The van der Waals surface area contributed by atoms with Gasteiger partial charge in [0.25, 0.3) is 0 Å². The molecule has 5 nitrogen and oxygen atoms in total. The number of ether oxygens (including phenoxy) is 1. The maximum absolute atomic E-state index is 13.5. The van der Waals surface area contributed by atoms with Crippen molar-refractivity contribution in [3.05, 3.63) is 34.1 Å². The van der Waals surface area contributed by atoms with Gasteiger partial charge in [-0.15, -0.1) is 0 Å². The summed E-state index contributed by atoms with van der Waals surface area (Å²) in [7, 11) is 1.21. The molecule has 0 spiro atoms. The lowest BCUT2D eigenvalue weighted by atomic mass is 10.1. The molecule has 0 aromatic heterocycles. The molecule has 1 atom stereocenters. The van der Waals surface area contributed by atoms with Crippen LogP contribution in [0.2, 0.25) is 5.02 Å². The van der Waals surface area contributed by atoms with Crippen molar-refractivity contribution in [3.8, 4) is 0 Å². The fourth-order valence-corrected chi connectivity index (χ4v) is 2.29. The maximum atomic E-state index is 13.5. The first-order valence-corrected chi connectivity index (χ1v) is 6.45. The van der Waals surface area contributed by atoms with Gasteiger partial charge in [0.1, 0.15) is 5.82 Å². The van der Waals surface area contributed by atoms with Crippen molar-refractivity contribution >= 4 is 23.5 Å². The SMILES string of the molecule is COC(=O)c1cc(F)cc(CNC2CNC(=O)C2)c1Cl. The average molecular weight is 301 g/mol. The molecule has 0 bridgehead atoms. The van der Waals surface area contributed by atoms with Gasteiger partial charge in [-0.2, -0.15) is 0 Å². The van der Waals surface area contributed by atoms with Crippen LogP contribution in [0.3, 0.4) is 0 Å². The Morgan fingerprint density at radius 3 is 2.95 bits per heavy atom. The Bertz CT molecular complexity index is 551. The van der Waals surface area contributed by atoms with E-state index in [2.05, 4.69) is 15.4 Å². The Labute approximate surface area is 120 Å². The Morgan fingerprint density at radius 1 is 1.60 bits per heavy atom. The van der Waals surface area contributed by atoms with Gasteiger partial charge in [-0.3, -0.25) is 4.79 Å². The van der Waals surface area contributed by atoms with Crippen LogP contribution < -0.4 is 10.6 Å². The first kappa shape index (κ1) is 14.7. The zero-order valence-corrected chi connectivity index (χ0v) is 11.6. The summed E-state index contributed by atoms with van der Waals surface area (Å²) >= 11 is 6.08. The Kier molecular flexibility index (Phi) is 4.57. The molecular formula is C13H14ClFN2O3. The molecular weight excluding hydrogens is 287 g/mol. The largest absolute Gasteiger partial charge is 0.465 e. The first-order valence-electron chi connectivity index (χ1n) is 6.07. The van der Waals surface area contributed by atoms with E-state index in [0.29, 0.717) is 18.5 Å². The lowest BCUT2D eigenvalue weighted by Crippen LogP contribution is -2.30. The molecule has 1 aliphatic rings. The molecule has 1 aromatic carbocycles. The molecule has 20 heavy (non-hydrogen) atoms. The lowest BCUT2D eigenvalue weighted by molar-refractivity contribution is -0.119. The standard InChI is InChI=1S/C13H14ClFN2O3/c1-20-13(19)10-3-8(15)2-7(12(10)14)5-16-9-4-11(18)17-6-9/h2-3,9,16H,4-6H2,1H3,(H,17,18). The summed E-state index contributed by atoms with van der Waals surface area (Å²) in [6, 6.07) is 2.27. The highest BCUT2D eigenvalue weighted by molar-refractivity contribution is 6.34. The van der Waals surface area contributed by atoms with Crippen LogP contribution in [0.1, 0.15) is 22.3 Å². The van der Waals surface area contributed by atoms with Crippen molar-refractivity contribution in [2.45, 2.75) is 19.0 Å². The fraction of sp³-hybridized carbons (Fsp3) is 0.385. The topological polar surface area (TPSA) is 67.4 Å². The van der Waals surface area contributed by atoms with Crippen molar-refractivity contribution in [2.75, 3.05) is 13.7 Å². The van der Waals surface area contributed by atoms with Crippen LogP contribution in [0, 0.1) is 5.82 Å². The smallest absolute Gasteiger partial charge is 0.339 e. The van der Waals surface area contributed by atoms with Gasteiger partial charge in [-0.25, -0.2) is 9.18 Å². The highest BCUT2D eigenvalue weighted by Gasteiger charge is 2.22. The van der Waals surface area contributed by atoms with E-state index < -0.39 is 11.8 Å². The summed E-state index contributed by atoms with van der Waals surface area (Å²) in [4.78, 5) is 22.6. The number of amides is 1. The first-order chi connectivity index (χ1) is 9.51. The number of hydrogen-bond donors (Lipinski definition) is 2. The van der Waals surface area contributed by atoms with Crippen molar-refractivity contribution in [2.24, 2.45) is 0 Å². The molecule has 1 amide bonds. The number of carbonyl (C=O) groups is 2. The molecule has 0 radical (unpaired) electrons. The minimum Gasteiger partial charge on any atom is -0.465 e. The summed E-state index contributed by atoms with van der Waals surface area (Å²) in [5.74, 6) is -1.27. The van der Waals surface area contributed by atoms with E-state index in [9.17, 15) is 14.0 Å². The Hall–Kier alpha value is -1.66. The molecule has 1 aromatic rings. The molecule has 108 valence electrons. The van der Waals surface area contributed by atoms with E-state index >= 15 is 0 Å². The van der Waals surface area contributed by atoms with E-state index in [0.717, 1.165) is 6.07 Å². The summed E-state index contributed by atoms with van der Waals surface area (Å²) in [6.07, 6.45) is 0.372. The zero-order valence-electron chi connectivity index (χ0n) is 10.8. The number of hydrogen-bond acceptors (Lipinski definition) is 4. The normalized spacial score (nSPS) is 17.9. The summed E-state index contributed by atoms with van der Waals surface area (Å²) in [5.41, 5.74) is 0.443. The minimum absolute atomic E-state index is 0.00779. The van der Waals surface area contributed by atoms with Gasteiger partial charge < -0.3 is 15.4 Å². The number of esters is 1. The van der Waals surface area contributed by atoms with Crippen LogP contribution in [0.25, 0.3) is 0 Å². The van der Waals surface area contributed by atoms with Crippen LogP contribution in [-0.4, -0.2) is 31.6 Å². The third-order valence-corrected chi connectivity index (χ3v) is 3.52. The maximum Gasteiger partial charge on any atom is 0.339 e. The molecule has 2 rings (SSSR count). The molecule has 7 heteroatoms. The second kappa shape index (κ2) is 6.19. The number of nitrogens with one attached hydrogen (secondary N) is 2. The van der Waals surface area contributed by atoms with Gasteiger partial charge in [-0.05, 0) is 17.7 Å². The molecule has 0 saturated carbocycles. The predicted molar refractivity (Wildman–Crippen MR) is 71.0 cm³/mol. The van der Waals surface area contributed by atoms with Crippen molar-refractivity contribution in [1.29, 1.82) is 0 Å². The molecule has 1 unspecified atom stereocenters. The van der Waals surface area contributed by atoms with Gasteiger partial charge in [0.2, 0.25) is 5.91 Å². The summed E-state index contributed by atoms with van der Waals surface area (Å²) < 4.78 is 18.1. The van der Waals surface area contributed by atoms with E-state index in [1.807, 2.05) is 0 Å². The zero-order chi connectivity index (χ0) is 14.7.